The highest BCUT2D eigenvalue weighted by Crippen LogP contribution is 2.42. The normalized spacial score (nSPS) is 35.6. The fraction of sp³-hybridized carbons (Fsp3) is 0.939. The Morgan fingerprint density at radius 1 is 0.267 bits per heavy atom. The molecule has 0 aliphatic carbocycles. The van der Waals surface area contributed by atoms with Gasteiger partial charge in [-0.25, -0.2) is 55.6 Å². The predicted molar refractivity (Wildman–Crippen MR) is 297 cm³/mol. The van der Waals surface area contributed by atoms with Crippen LogP contribution in [0.5, 0.6) is 0 Å². The first-order chi connectivity index (χ1) is 47.3. The van der Waals surface area contributed by atoms with Gasteiger partial charge in [0, 0.05) is 21.3 Å². The van der Waals surface area contributed by atoms with Crippen molar-refractivity contribution in [1.29, 1.82) is 0 Å². The molecule has 14 N–H and O–H groups in total. The summed E-state index contributed by atoms with van der Waals surface area (Å²) in [6.07, 6.45) is -78.3. The molecule has 5 aliphatic rings. The second-order valence-electron chi connectivity index (χ2n) is 20.2. The largest absolute Gasteiger partial charge is 0.479 e. The zero-order valence-corrected chi connectivity index (χ0v) is 59.5. The number of carboxylic acids is 2. The molecule has 0 saturated carbocycles. The Labute approximate surface area is 588 Å². The average molecular weight is 1780 g/mol. The fourth-order valence-corrected chi connectivity index (χ4v) is 14.8. The Morgan fingerprint density at radius 3 is 0.781 bits per heavy atom. The summed E-state index contributed by atoms with van der Waals surface area (Å²) in [5, 5.41) is 31.9. The maximum atomic E-state index is 13.3. The third-order valence-electron chi connectivity index (χ3n) is 13.3. The van der Waals surface area contributed by atoms with Crippen molar-refractivity contribution in [3.63, 3.8) is 0 Å². The third kappa shape index (κ3) is 28.9. The molecule has 0 bridgehead atoms. The van der Waals surface area contributed by atoms with E-state index in [9.17, 15) is 168 Å². The number of hydrogen-bond acceptors (Lipinski definition) is 48. The molecule has 0 amide bonds. The van der Waals surface area contributed by atoms with E-state index in [1.165, 1.54) is 0 Å². The van der Waals surface area contributed by atoms with Crippen LogP contribution in [0.2, 0.25) is 0 Å². The van der Waals surface area contributed by atoms with E-state index in [0.29, 0.717) is 21.3 Å². The summed E-state index contributed by atoms with van der Waals surface area (Å²) in [6, 6.07) is 0. The van der Waals surface area contributed by atoms with Crippen LogP contribution in [0.3, 0.4) is 0 Å². The first-order valence-corrected chi connectivity index (χ1v) is 41.0. The van der Waals surface area contributed by atoms with Crippen LogP contribution < -0.4 is 0 Å². The lowest BCUT2D eigenvalue weighted by atomic mass is 9.95. The molecule has 5 rings (SSSR count). The van der Waals surface area contributed by atoms with Gasteiger partial charge in [0.1, 0.15) is 85.5 Å². The van der Waals surface area contributed by atoms with E-state index in [1.807, 2.05) is 0 Å². The highest BCUT2D eigenvalue weighted by molar-refractivity contribution is 7.83. The molecule has 0 aromatic rings. The van der Waals surface area contributed by atoms with Gasteiger partial charge in [0.15, 0.2) is 68.1 Å². The topological polar surface area (TPSA) is 905 Å². The second-order valence-corrected chi connectivity index (χ2v) is 31.9. The quantitative estimate of drug-likeness (QED) is 0.0255. The number of hydrogen-bond donors (Lipinski definition) is 14. The van der Waals surface area contributed by atoms with Crippen LogP contribution in [-0.2, 0) is 227 Å². The van der Waals surface area contributed by atoms with Crippen molar-refractivity contribution in [1.82, 2.24) is 0 Å². The number of methoxy groups -OCH3 is 3. The van der Waals surface area contributed by atoms with Crippen molar-refractivity contribution in [2.45, 2.75) is 154 Å². The molecule has 105 heavy (non-hydrogen) atoms. The maximum Gasteiger partial charge on any atom is 0.397 e. The molecule has 0 spiro atoms. The van der Waals surface area contributed by atoms with Gasteiger partial charge in [0.25, 0.3) is 0 Å². The van der Waals surface area contributed by atoms with Gasteiger partial charge in [-0.2, -0.15) is 92.6 Å². The van der Waals surface area contributed by atoms with Crippen LogP contribution in [0.4, 0.5) is 0 Å². The molecular formula is C33H54O61S11. The molecule has 0 aromatic heterocycles. The Morgan fingerprint density at radius 2 is 0.486 bits per heavy atom. The van der Waals surface area contributed by atoms with Crippen LogP contribution in [0, 0.1) is 0 Å². The zero-order valence-electron chi connectivity index (χ0n) is 50.5. The highest BCUT2D eigenvalue weighted by Gasteiger charge is 2.64. The molecule has 0 aromatic carbocycles. The summed E-state index contributed by atoms with van der Waals surface area (Å²) in [5.74, 6) is -5.09. The molecule has 0 radical (unpaired) electrons. The number of aliphatic carboxylic acids is 2. The summed E-state index contributed by atoms with van der Waals surface area (Å²) in [6.45, 7) is -5.90. The highest BCUT2D eigenvalue weighted by atomic mass is 32.3. The summed E-state index contributed by atoms with van der Waals surface area (Å²) in [7, 11) is -66.5. The van der Waals surface area contributed by atoms with Crippen LogP contribution in [0.15, 0.2) is 0 Å². The van der Waals surface area contributed by atoms with Crippen LogP contribution >= 0.6 is 0 Å². The molecular weight excluding hydrogens is 1730 g/mol. The zero-order chi connectivity index (χ0) is 80.5. The molecule has 618 valence electrons. The Balaban J connectivity index is 1.71. The molecule has 25 atom stereocenters. The van der Waals surface area contributed by atoms with Gasteiger partial charge in [-0.05, 0) is 0 Å². The smallest absolute Gasteiger partial charge is 0.397 e. The molecule has 61 nitrogen and oxygen atoms in total. The first-order valence-electron chi connectivity index (χ1n) is 26.0. The van der Waals surface area contributed by atoms with Gasteiger partial charge in [0.05, 0.1) is 19.8 Å². The number of carbonyl (C=O) groups is 2. The van der Waals surface area contributed by atoms with E-state index in [1.54, 1.807) is 0 Å². The van der Waals surface area contributed by atoms with Crippen molar-refractivity contribution in [3.05, 3.63) is 0 Å². The lowest BCUT2D eigenvalue weighted by molar-refractivity contribution is -0.384. The fourth-order valence-electron chi connectivity index (χ4n) is 9.98. The van der Waals surface area contributed by atoms with Gasteiger partial charge in [-0.1, -0.05) is 0 Å². The van der Waals surface area contributed by atoms with Crippen molar-refractivity contribution >= 4 is 126 Å². The molecule has 72 heteroatoms. The summed E-state index contributed by atoms with van der Waals surface area (Å²) in [4.78, 5) is 26.6. The molecule has 5 fully saturated rings. The van der Waals surface area contributed by atoms with Crippen molar-refractivity contribution in [2.24, 2.45) is 0 Å². The van der Waals surface area contributed by atoms with E-state index in [4.69, 9.17) is 56.8 Å². The van der Waals surface area contributed by atoms with Crippen molar-refractivity contribution in [3.8, 4) is 0 Å². The lowest BCUT2D eigenvalue weighted by Gasteiger charge is -2.51. The standard InChI is InChI=1S/C33H54O61S11/c1-72-13-15(83-32-26(94-105(69,70)71)19(90-101(57,58)59)12(87-98(48,49)50)9(80-32)6-77-97(45,46)47)20(27(34)35)85-30(23(13)74-3)81-11-8(5-76-96(42,43)44)79-31(25(93-104(66,67)68)18(11)89-100(54,55)56)84-16-14(73-2)24(92-103(63,64)65)33(86-21(16)28(36)37)82-10-7(4-75-95(39,40)41)78-29(38)22(91-102(60,61)62)17(10)88-99(51,52)53/h7-26,29-33,38H,4-6H2,1-3H3,(H,34,35)(H,36,37)(H,39,40,41)(H,42,43,44)(H,45,46,47)(H,48,49,50)(H,51,52,53)(H,54,55,56)(H,57,58,59)(H,60,61,62)(H,63,64,65)(H,66,67,68)(H,69,70,71)/t7-,8-,9-,10-,11-,12-,13+,14+,15+,16+,17+,18+,19+,20+,21-,22-,23-,24-,25-,26-,29+,30-,31-,32-,33-/m1/s1. The SMILES string of the molecule is CO[C@@H]1[C@@H](OC)[C@H](O[C@H]2[C@H](OS(=O)(=O)O)[C@@H](OS(=O)(=O)O)[C@@H](O[C@H]3[C@H](OC)[C@@H](OS(=O)(=O)O)[C@H](O[C@H]4[C@H](OS(=O)(=O)O)[C@@H](OS(=O)(=O)O)[C@@H](O)O[C@@H]4COS(=O)(=O)O)O[C@H]3C(=O)O)O[C@@H]2COS(=O)(=O)O)O[C@H](C(=O)O)[C@H]1O[C@H]1O[C@H](COS(=O)(=O)O)[C@@H](OS(=O)(=O)O)[C@H](OS(=O)(=O)O)[C@H]1OS(=O)(=O)O. The van der Waals surface area contributed by atoms with Crippen molar-refractivity contribution in [2.75, 3.05) is 41.2 Å². The number of aliphatic hydroxyl groups excluding tert-OH is 1. The number of carboxylic acid groups (broad SMARTS) is 2. The third-order valence-corrected chi connectivity index (χ3v) is 18.3. The lowest BCUT2D eigenvalue weighted by Crippen LogP contribution is -2.70. The van der Waals surface area contributed by atoms with Gasteiger partial charge in [-0.15, -0.1) is 0 Å². The van der Waals surface area contributed by atoms with E-state index in [-0.39, 0.29) is 0 Å². The first kappa shape index (κ1) is 92.6. The number of aliphatic hydroxyl groups is 1. The molecule has 0 unspecified atom stereocenters. The Bertz CT molecular complexity index is 4360. The van der Waals surface area contributed by atoms with Crippen LogP contribution in [0.1, 0.15) is 0 Å². The Hall–Kier alpha value is -3.01. The minimum atomic E-state index is -6.50. The Kier molecular flexibility index (Phi) is 30.8. The summed E-state index contributed by atoms with van der Waals surface area (Å²) < 4.78 is 487. The summed E-state index contributed by atoms with van der Waals surface area (Å²) >= 11 is 0. The van der Waals surface area contributed by atoms with E-state index in [2.05, 4.69) is 46.0 Å². The molecule has 5 heterocycles. The maximum absolute atomic E-state index is 13.3. The average Bonchev–Trinajstić information content (AvgIpc) is 0.757. The number of ether oxygens (including phenoxy) is 12. The van der Waals surface area contributed by atoms with E-state index >= 15 is 0 Å². The van der Waals surface area contributed by atoms with E-state index in [0.717, 1.165) is 0 Å². The minimum Gasteiger partial charge on any atom is -0.479 e. The van der Waals surface area contributed by atoms with Crippen molar-refractivity contribution < 1.29 is 270 Å². The monoisotopic (exact) mass is 1780 g/mol. The van der Waals surface area contributed by atoms with Gasteiger partial charge >= 0.3 is 126 Å². The second kappa shape index (κ2) is 34.9. The molecule has 5 aliphatic heterocycles. The van der Waals surface area contributed by atoms with Crippen LogP contribution in [0.25, 0.3) is 0 Å². The van der Waals surface area contributed by atoms with Gasteiger partial charge < -0.3 is 72.2 Å². The van der Waals surface area contributed by atoms with Gasteiger partial charge in [-0.3, -0.25) is 50.1 Å². The predicted octanol–water partition coefficient (Wildman–Crippen LogP) is -11.7. The van der Waals surface area contributed by atoms with Gasteiger partial charge in [0.2, 0.25) is 0 Å². The molecule has 5 saturated heterocycles. The van der Waals surface area contributed by atoms with E-state index < -0.39 is 300 Å². The number of rotatable bonds is 38. The summed E-state index contributed by atoms with van der Waals surface area (Å²) in [5.41, 5.74) is 0. The van der Waals surface area contributed by atoms with Crippen LogP contribution in [-0.4, -0.2) is 365 Å². The minimum absolute atomic E-state index is 0.348.